The molecule has 0 unspecified atom stereocenters. The van der Waals surface area contributed by atoms with E-state index in [4.69, 9.17) is 14.8 Å². The second-order valence-corrected chi connectivity index (χ2v) is 10.3. The zero-order chi connectivity index (χ0) is 23.2. The molecule has 4 heterocycles. The fourth-order valence-electron chi connectivity index (χ4n) is 4.13. The van der Waals surface area contributed by atoms with E-state index in [9.17, 15) is 4.79 Å². The van der Waals surface area contributed by atoms with Crippen molar-refractivity contribution >= 4 is 27.6 Å². The number of nitrogens with zero attached hydrogens (tertiary/aromatic N) is 5. The van der Waals surface area contributed by atoms with Crippen LogP contribution < -0.4 is 0 Å². The van der Waals surface area contributed by atoms with Crippen LogP contribution in [-0.2, 0) is 4.74 Å². The Morgan fingerprint density at radius 1 is 1.21 bits per heavy atom. The van der Waals surface area contributed by atoms with Crippen LogP contribution >= 0.6 is 11.3 Å². The number of pyridine rings is 1. The lowest BCUT2D eigenvalue weighted by atomic mass is 10.0. The lowest BCUT2D eigenvalue weighted by Crippen LogP contribution is -2.35. The number of thiazole rings is 1. The number of likely N-dealkylation sites (tertiary alicyclic amines) is 1. The molecule has 1 aliphatic rings. The number of ether oxygens (including phenoxy) is 1. The van der Waals surface area contributed by atoms with E-state index in [0.29, 0.717) is 13.1 Å². The smallest absolute Gasteiger partial charge is 0.410 e. The first-order valence-corrected chi connectivity index (χ1v) is 12.0. The Bertz CT molecular complexity index is 1320. The second-order valence-electron chi connectivity index (χ2n) is 9.44. The van der Waals surface area contributed by atoms with Crippen molar-refractivity contribution in [3.63, 3.8) is 0 Å². The van der Waals surface area contributed by atoms with Gasteiger partial charge >= 0.3 is 6.09 Å². The number of aromatic nitrogens is 4. The molecule has 0 aliphatic carbocycles. The van der Waals surface area contributed by atoms with Crippen molar-refractivity contribution in [2.45, 2.75) is 45.8 Å². The molecule has 1 fully saturated rings. The third kappa shape index (κ3) is 4.48. The molecule has 3 aromatic heterocycles. The number of rotatable bonds is 3. The molecule has 1 saturated heterocycles. The van der Waals surface area contributed by atoms with Gasteiger partial charge in [0.05, 0.1) is 27.5 Å². The fraction of sp³-hybridized carbons (Fsp3) is 0.360. The van der Waals surface area contributed by atoms with Gasteiger partial charge in [-0.15, -0.1) is 11.3 Å². The van der Waals surface area contributed by atoms with Crippen LogP contribution in [0.2, 0.25) is 0 Å². The van der Waals surface area contributed by atoms with E-state index >= 15 is 0 Å². The molecule has 1 atom stereocenters. The van der Waals surface area contributed by atoms with Gasteiger partial charge in [-0.25, -0.2) is 9.78 Å². The summed E-state index contributed by atoms with van der Waals surface area (Å²) in [5, 5.41) is 4.98. The summed E-state index contributed by atoms with van der Waals surface area (Å²) in [6.07, 6.45) is 2.65. The molecular weight excluding hydrogens is 434 g/mol. The van der Waals surface area contributed by atoms with E-state index in [1.807, 2.05) is 62.2 Å². The van der Waals surface area contributed by atoms with E-state index < -0.39 is 5.60 Å². The number of hydrogen-bond acceptors (Lipinski definition) is 6. The largest absolute Gasteiger partial charge is 0.444 e. The Kier molecular flexibility index (Phi) is 5.40. The van der Waals surface area contributed by atoms with E-state index in [2.05, 4.69) is 23.3 Å². The number of benzene rings is 1. The SMILES string of the molecule is Cc1cccc(-c2nn([C@@H]3CCN(C(=O)OC(C)(C)C)C3)cc2-c2ccc3ncsc3c2)n1. The number of carbonyl (C=O) groups is 1. The van der Waals surface area contributed by atoms with Gasteiger partial charge in [-0.3, -0.25) is 9.67 Å². The summed E-state index contributed by atoms with van der Waals surface area (Å²) in [6.45, 7) is 8.88. The zero-order valence-corrected chi connectivity index (χ0v) is 20.1. The van der Waals surface area contributed by atoms with Crippen molar-refractivity contribution in [2.75, 3.05) is 13.1 Å². The number of fused-ring (bicyclic) bond motifs is 1. The van der Waals surface area contributed by atoms with Crippen LogP contribution in [0.3, 0.4) is 0 Å². The summed E-state index contributed by atoms with van der Waals surface area (Å²) in [6, 6.07) is 12.4. The van der Waals surface area contributed by atoms with Crippen molar-refractivity contribution in [1.82, 2.24) is 24.6 Å². The normalized spacial score (nSPS) is 16.5. The standard InChI is InChI=1S/C25H27N5O2S/c1-16-6-5-7-21(27-16)23-19(17-8-9-20-22(12-17)33-15-26-20)14-30(28-23)18-10-11-29(13-18)24(31)32-25(2,3)4/h5-9,12,14-15,18H,10-11,13H2,1-4H3/t18-/m1/s1. The molecular formula is C25H27N5O2S. The van der Waals surface area contributed by atoms with Gasteiger partial charge in [-0.05, 0) is 63.9 Å². The minimum atomic E-state index is -0.507. The minimum Gasteiger partial charge on any atom is -0.444 e. The van der Waals surface area contributed by atoms with Crippen molar-refractivity contribution in [3.05, 3.63) is 53.8 Å². The Balaban J connectivity index is 1.50. The summed E-state index contributed by atoms with van der Waals surface area (Å²) in [5.74, 6) is 0. The van der Waals surface area contributed by atoms with E-state index in [0.717, 1.165) is 44.8 Å². The number of amides is 1. The van der Waals surface area contributed by atoms with Crippen LogP contribution in [0.1, 0.15) is 38.9 Å². The predicted octanol–water partition coefficient (Wildman–Crippen LogP) is 5.71. The molecule has 1 aliphatic heterocycles. The molecule has 33 heavy (non-hydrogen) atoms. The van der Waals surface area contributed by atoms with Crippen LogP contribution in [-0.4, -0.2) is 49.4 Å². The second kappa shape index (κ2) is 8.26. The first kappa shape index (κ1) is 21.6. The summed E-state index contributed by atoms with van der Waals surface area (Å²) < 4.78 is 8.70. The average molecular weight is 462 g/mol. The van der Waals surface area contributed by atoms with Crippen molar-refractivity contribution in [2.24, 2.45) is 0 Å². The van der Waals surface area contributed by atoms with Crippen molar-refractivity contribution in [1.29, 1.82) is 0 Å². The quantitative estimate of drug-likeness (QED) is 0.391. The molecule has 1 amide bonds. The minimum absolute atomic E-state index is 0.0852. The van der Waals surface area contributed by atoms with Crippen LogP contribution in [0.4, 0.5) is 4.79 Å². The van der Waals surface area contributed by atoms with Crippen LogP contribution in [0.25, 0.3) is 32.7 Å². The highest BCUT2D eigenvalue weighted by molar-refractivity contribution is 7.16. The number of aryl methyl sites for hydroxylation is 1. The van der Waals surface area contributed by atoms with Gasteiger partial charge in [-0.1, -0.05) is 12.1 Å². The maximum Gasteiger partial charge on any atom is 0.410 e. The molecule has 1 aromatic carbocycles. The molecule has 0 saturated carbocycles. The predicted molar refractivity (Wildman–Crippen MR) is 130 cm³/mol. The first-order chi connectivity index (χ1) is 15.8. The van der Waals surface area contributed by atoms with E-state index in [1.165, 1.54) is 0 Å². The Morgan fingerprint density at radius 2 is 2.06 bits per heavy atom. The van der Waals surface area contributed by atoms with E-state index in [-0.39, 0.29) is 12.1 Å². The average Bonchev–Trinajstić information content (AvgIpc) is 3.50. The van der Waals surface area contributed by atoms with Gasteiger partial charge in [0.25, 0.3) is 0 Å². The summed E-state index contributed by atoms with van der Waals surface area (Å²) in [5.41, 5.74) is 7.10. The third-order valence-electron chi connectivity index (χ3n) is 5.69. The maximum absolute atomic E-state index is 12.5. The van der Waals surface area contributed by atoms with Crippen LogP contribution in [0.15, 0.2) is 48.1 Å². The highest BCUT2D eigenvalue weighted by Gasteiger charge is 2.32. The summed E-state index contributed by atoms with van der Waals surface area (Å²) >= 11 is 1.63. The molecule has 4 aromatic rings. The molecule has 170 valence electrons. The summed E-state index contributed by atoms with van der Waals surface area (Å²) in [7, 11) is 0. The number of hydrogen-bond donors (Lipinski definition) is 0. The molecule has 5 rings (SSSR count). The van der Waals surface area contributed by atoms with Crippen molar-refractivity contribution in [3.8, 4) is 22.5 Å². The Labute approximate surface area is 197 Å². The third-order valence-corrected chi connectivity index (χ3v) is 6.49. The maximum atomic E-state index is 12.5. The molecule has 0 spiro atoms. The first-order valence-electron chi connectivity index (χ1n) is 11.1. The van der Waals surface area contributed by atoms with Gasteiger partial charge in [0.1, 0.15) is 11.3 Å². The fourth-order valence-corrected chi connectivity index (χ4v) is 4.84. The highest BCUT2D eigenvalue weighted by Crippen LogP contribution is 2.35. The lowest BCUT2D eigenvalue weighted by molar-refractivity contribution is 0.0288. The van der Waals surface area contributed by atoms with Gasteiger partial charge < -0.3 is 9.64 Å². The van der Waals surface area contributed by atoms with Gasteiger partial charge in [0, 0.05) is 30.5 Å². The molecule has 0 N–H and O–H groups in total. The molecule has 8 heteroatoms. The van der Waals surface area contributed by atoms with E-state index in [1.54, 1.807) is 16.2 Å². The zero-order valence-electron chi connectivity index (χ0n) is 19.3. The molecule has 7 nitrogen and oxygen atoms in total. The van der Waals surface area contributed by atoms with Crippen LogP contribution in [0, 0.1) is 6.92 Å². The number of carbonyl (C=O) groups excluding carboxylic acids is 1. The highest BCUT2D eigenvalue weighted by atomic mass is 32.1. The lowest BCUT2D eigenvalue weighted by Gasteiger charge is -2.24. The summed E-state index contributed by atoms with van der Waals surface area (Å²) in [4.78, 5) is 23.5. The Morgan fingerprint density at radius 3 is 2.85 bits per heavy atom. The molecule has 0 radical (unpaired) electrons. The molecule has 0 bridgehead atoms. The van der Waals surface area contributed by atoms with Gasteiger partial charge in [-0.2, -0.15) is 5.10 Å². The van der Waals surface area contributed by atoms with Crippen molar-refractivity contribution < 1.29 is 9.53 Å². The Hall–Kier alpha value is -3.26. The topological polar surface area (TPSA) is 73.1 Å². The van der Waals surface area contributed by atoms with Crippen LogP contribution in [0.5, 0.6) is 0 Å². The van der Waals surface area contributed by atoms with Gasteiger partial charge in [0.2, 0.25) is 0 Å². The monoisotopic (exact) mass is 461 g/mol. The van der Waals surface area contributed by atoms with Gasteiger partial charge in [0.15, 0.2) is 0 Å².